The lowest BCUT2D eigenvalue weighted by molar-refractivity contribution is -0.138. The van der Waals surface area contributed by atoms with Crippen molar-refractivity contribution in [3.8, 4) is 0 Å². The highest BCUT2D eigenvalue weighted by atomic mass is 16.5. The third-order valence-corrected chi connectivity index (χ3v) is 5.04. The maximum absolute atomic E-state index is 12.5. The highest BCUT2D eigenvalue weighted by Gasteiger charge is 2.28. The van der Waals surface area contributed by atoms with Gasteiger partial charge in [-0.25, -0.2) is 0 Å². The molecule has 0 bridgehead atoms. The molecule has 124 valence electrons. The number of hydrogen-bond donors (Lipinski definition) is 0. The highest BCUT2D eigenvalue weighted by Crippen LogP contribution is 2.29. The molecule has 4 heteroatoms. The molecule has 0 aromatic rings. The maximum Gasteiger partial charge on any atom is 0.226 e. The number of nitrogens with zero attached hydrogens (tertiary/aromatic N) is 2. The van der Waals surface area contributed by atoms with Crippen molar-refractivity contribution in [3.05, 3.63) is 11.6 Å². The van der Waals surface area contributed by atoms with Crippen molar-refractivity contribution in [2.75, 3.05) is 39.8 Å². The van der Waals surface area contributed by atoms with Crippen LogP contribution in [0.5, 0.6) is 0 Å². The van der Waals surface area contributed by atoms with Gasteiger partial charge in [0, 0.05) is 32.6 Å². The van der Waals surface area contributed by atoms with Crippen LogP contribution >= 0.6 is 0 Å². The molecule has 22 heavy (non-hydrogen) atoms. The second-order valence-electron chi connectivity index (χ2n) is 7.28. The molecule has 3 rings (SSSR count). The monoisotopic (exact) mass is 306 g/mol. The molecule has 1 saturated heterocycles. The summed E-state index contributed by atoms with van der Waals surface area (Å²) in [5.41, 5.74) is 1.35. The molecular weight excluding hydrogens is 276 g/mol. The first kappa shape index (κ1) is 16.0. The summed E-state index contributed by atoms with van der Waals surface area (Å²) in [6.07, 6.45) is 10.7. The summed E-state index contributed by atoms with van der Waals surface area (Å²) in [7, 11) is 2.18. The van der Waals surface area contributed by atoms with Crippen molar-refractivity contribution in [1.82, 2.24) is 9.80 Å². The minimum atomic E-state index is 0.182. The number of morpholine rings is 1. The quantitative estimate of drug-likeness (QED) is 0.707. The van der Waals surface area contributed by atoms with Gasteiger partial charge in [-0.15, -0.1) is 0 Å². The molecule has 0 N–H and O–H groups in total. The Morgan fingerprint density at radius 3 is 2.95 bits per heavy atom. The molecule has 0 radical (unpaired) electrons. The van der Waals surface area contributed by atoms with Gasteiger partial charge in [0.05, 0.1) is 12.7 Å². The average Bonchev–Trinajstić information content (AvgIpc) is 3.32. The Bertz CT molecular complexity index is 417. The van der Waals surface area contributed by atoms with Crippen LogP contribution in [0.4, 0.5) is 0 Å². The van der Waals surface area contributed by atoms with E-state index in [2.05, 4.69) is 18.0 Å². The molecule has 0 aromatic heterocycles. The summed E-state index contributed by atoms with van der Waals surface area (Å²) in [4.78, 5) is 16.9. The van der Waals surface area contributed by atoms with Crippen LogP contribution in [0.1, 0.15) is 44.9 Å². The molecule has 0 unspecified atom stereocenters. The van der Waals surface area contributed by atoms with Crippen LogP contribution in [0.3, 0.4) is 0 Å². The van der Waals surface area contributed by atoms with Gasteiger partial charge >= 0.3 is 0 Å². The molecule has 2 fully saturated rings. The number of likely N-dealkylation sites (N-methyl/N-ethyl adjacent to an activating group) is 1. The minimum Gasteiger partial charge on any atom is -0.373 e. The van der Waals surface area contributed by atoms with Gasteiger partial charge in [-0.05, 0) is 51.5 Å². The van der Waals surface area contributed by atoms with E-state index in [4.69, 9.17) is 4.74 Å². The van der Waals surface area contributed by atoms with Crippen molar-refractivity contribution in [2.24, 2.45) is 5.92 Å². The van der Waals surface area contributed by atoms with E-state index in [1.165, 1.54) is 37.8 Å². The zero-order valence-corrected chi connectivity index (χ0v) is 13.9. The van der Waals surface area contributed by atoms with Crippen LogP contribution < -0.4 is 0 Å². The third kappa shape index (κ3) is 4.82. The summed E-state index contributed by atoms with van der Waals surface area (Å²) in [5.74, 6) is 1.20. The molecule has 0 aromatic carbocycles. The molecule has 0 spiro atoms. The highest BCUT2D eigenvalue weighted by molar-refractivity contribution is 5.78. The topological polar surface area (TPSA) is 32.8 Å². The molecule has 1 heterocycles. The van der Waals surface area contributed by atoms with Crippen LogP contribution in [-0.2, 0) is 9.53 Å². The standard InChI is InChI=1S/C18H30N2O2/c1-19(12-16-7-8-16)13-17-14-20(9-10-22-17)18(21)11-15-5-3-2-4-6-15/h5,16-17H,2-4,6-14H2,1H3/t17-/m1/s1. The van der Waals surface area contributed by atoms with E-state index in [1.807, 2.05) is 4.90 Å². The average molecular weight is 306 g/mol. The van der Waals surface area contributed by atoms with Crippen molar-refractivity contribution in [3.63, 3.8) is 0 Å². The van der Waals surface area contributed by atoms with Gasteiger partial charge in [0.1, 0.15) is 0 Å². The summed E-state index contributed by atoms with van der Waals surface area (Å²) < 4.78 is 5.87. The van der Waals surface area contributed by atoms with Gasteiger partial charge in [-0.2, -0.15) is 0 Å². The number of carbonyl (C=O) groups is 1. The zero-order chi connectivity index (χ0) is 15.4. The third-order valence-electron chi connectivity index (χ3n) is 5.04. The number of carbonyl (C=O) groups excluding carboxylic acids is 1. The lowest BCUT2D eigenvalue weighted by atomic mass is 9.97. The smallest absolute Gasteiger partial charge is 0.226 e. The fourth-order valence-electron chi connectivity index (χ4n) is 3.59. The van der Waals surface area contributed by atoms with E-state index in [1.54, 1.807) is 0 Å². The Labute approximate surface area is 134 Å². The first-order valence-electron chi connectivity index (χ1n) is 8.96. The number of ether oxygens (including phenoxy) is 1. The van der Waals surface area contributed by atoms with E-state index >= 15 is 0 Å². The van der Waals surface area contributed by atoms with Crippen molar-refractivity contribution in [1.29, 1.82) is 0 Å². The van der Waals surface area contributed by atoms with Crippen LogP contribution in [0.2, 0.25) is 0 Å². The lowest BCUT2D eigenvalue weighted by Crippen LogP contribution is -2.49. The Morgan fingerprint density at radius 1 is 1.36 bits per heavy atom. The molecular formula is C18H30N2O2. The number of rotatable bonds is 6. The van der Waals surface area contributed by atoms with E-state index in [9.17, 15) is 4.79 Å². The predicted molar refractivity (Wildman–Crippen MR) is 87.7 cm³/mol. The van der Waals surface area contributed by atoms with Crippen molar-refractivity contribution in [2.45, 2.75) is 51.0 Å². The second kappa shape index (κ2) is 7.60. The Kier molecular flexibility index (Phi) is 5.53. The van der Waals surface area contributed by atoms with Gasteiger partial charge in [0.25, 0.3) is 0 Å². The van der Waals surface area contributed by atoms with Crippen LogP contribution in [0.15, 0.2) is 11.6 Å². The molecule has 1 atom stereocenters. The van der Waals surface area contributed by atoms with E-state index in [-0.39, 0.29) is 6.10 Å². The fraction of sp³-hybridized carbons (Fsp3) is 0.833. The summed E-state index contributed by atoms with van der Waals surface area (Å²) in [6, 6.07) is 0. The molecule has 4 nitrogen and oxygen atoms in total. The van der Waals surface area contributed by atoms with E-state index < -0.39 is 0 Å². The number of amides is 1. The van der Waals surface area contributed by atoms with Gasteiger partial charge in [0.2, 0.25) is 5.91 Å². The van der Waals surface area contributed by atoms with Gasteiger partial charge < -0.3 is 14.5 Å². The van der Waals surface area contributed by atoms with Crippen LogP contribution in [0, 0.1) is 5.92 Å². The largest absolute Gasteiger partial charge is 0.373 e. The van der Waals surface area contributed by atoms with Gasteiger partial charge in [-0.1, -0.05) is 11.6 Å². The SMILES string of the molecule is CN(CC1CC1)C[C@@H]1CN(C(=O)CC2=CCCCC2)CCO1. The van der Waals surface area contributed by atoms with E-state index in [0.717, 1.165) is 38.4 Å². The first-order valence-corrected chi connectivity index (χ1v) is 8.96. The van der Waals surface area contributed by atoms with Crippen molar-refractivity contribution < 1.29 is 9.53 Å². The molecule has 3 aliphatic rings. The van der Waals surface area contributed by atoms with Gasteiger partial charge in [0.15, 0.2) is 0 Å². The van der Waals surface area contributed by atoms with Crippen molar-refractivity contribution >= 4 is 5.91 Å². The van der Waals surface area contributed by atoms with Crippen LogP contribution in [0.25, 0.3) is 0 Å². The Hall–Kier alpha value is -0.870. The fourth-order valence-corrected chi connectivity index (χ4v) is 3.59. The molecule has 1 amide bonds. The summed E-state index contributed by atoms with van der Waals surface area (Å²) in [6.45, 7) is 4.34. The normalized spacial score (nSPS) is 26.2. The van der Waals surface area contributed by atoms with Crippen LogP contribution in [-0.4, -0.2) is 61.6 Å². The Morgan fingerprint density at radius 2 is 2.23 bits per heavy atom. The predicted octanol–water partition coefficient (Wildman–Crippen LogP) is 2.45. The second-order valence-corrected chi connectivity index (χ2v) is 7.28. The first-order chi connectivity index (χ1) is 10.7. The molecule has 2 aliphatic carbocycles. The summed E-state index contributed by atoms with van der Waals surface area (Å²) in [5, 5.41) is 0. The molecule has 1 saturated carbocycles. The van der Waals surface area contributed by atoms with Gasteiger partial charge in [-0.3, -0.25) is 4.79 Å². The lowest BCUT2D eigenvalue weighted by Gasteiger charge is -2.35. The Balaban J connectivity index is 1.44. The van der Waals surface area contributed by atoms with E-state index in [0.29, 0.717) is 18.9 Å². The zero-order valence-electron chi connectivity index (χ0n) is 13.9. The minimum absolute atomic E-state index is 0.182. The summed E-state index contributed by atoms with van der Waals surface area (Å²) >= 11 is 0. The number of allylic oxidation sites excluding steroid dienone is 1. The number of hydrogen-bond acceptors (Lipinski definition) is 3. The maximum atomic E-state index is 12.5. The molecule has 1 aliphatic heterocycles.